The quantitative estimate of drug-likeness (QED) is 0.670. The molecule has 0 atom stereocenters. The lowest BCUT2D eigenvalue weighted by molar-refractivity contribution is -0.126. The molecule has 0 aromatic carbocycles. The van der Waals surface area contributed by atoms with Crippen LogP contribution in [0.5, 0.6) is 0 Å². The van der Waals surface area contributed by atoms with Crippen LogP contribution in [0.15, 0.2) is 46.8 Å². The number of nitrogens with one attached hydrogen (secondary N) is 1. The van der Waals surface area contributed by atoms with Gasteiger partial charge in [-0.25, -0.2) is 4.98 Å². The summed E-state index contributed by atoms with van der Waals surface area (Å²) in [6, 6.07) is 9.04. The van der Waals surface area contributed by atoms with E-state index in [-0.39, 0.29) is 18.4 Å². The van der Waals surface area contributed by atoms with E-state index in [9.17, 15) is 9.59 Å². The third kappa shape index (κ3) is 3.84. The third-order valence-electron chi connectivity index (χ3n) is 2.92. The highest BCUT2D eigenvalue weighted by molar-refractivity contribution is 8.26. The predicted octanol–water partition coefficient (Wildman–Crippen LogP) is 2.98. The molecule has 0 aliphatic carbocycles. The summed E-state index contributed by atoms with van der Waals surface area (Å²) in [4.78, 5) is 31.3. The van der Waals surface area contributed by atoms with Crippen molar-refractivity contribution in [3.05, 3.63) is 51.7 Å². The van der Waals surface area contributed by atoms with E-state index in [2.05, 4.69) is 10.3 Å². The molecule has 0 saturated carbocycles. The van der Waals surface area contributed by atoms with Crippen molar-refractivity contribution in [2.24, 2.45) is 0 Å². The molecular weight excluding hydrogens is 350 g/mol. The van der Waals surface area contributed by atoms with Crippen molar-refractivity contribution in [1.29, 1.82) is 0 Å². The molecule has 2 aromatic heterocycles. The Morgan fingerprint density at radius 3 is 2.91 bits per heavy atom. The van der Waals surface area contributed by atoms with Crippen LogP contribution in [0.3, 0.4) is 0 Å². The molecule has 1 fully saturated rings. The monoisotopic (exact) mass is 361 g/mol. The highest BCUT2D eigenvalue weighted by atomic mass is 32.2. The lowest BCUT2D eigenvalue weighted by Gasteiger charge is -2.13. The molecule has 0 bridgehead atoms. The van der Waals surface area contributed by atoms with Gasteiger partial charge in [-0.2, -0.15) is 0 Å². The number of carbonyl (C=O) groups excluding carboxylic acids is 2. The SMILES string of the molecule is O=C(CN1C(=O)/C(=C/c2cccs2)SC1=S)Nc1ccccn1. The second-order valence-electron chi connectivity index (χ2n) is 4.55. The number of amides is 2. The summed E-state index contributed by atoms with van der Waals surface area (Å²) >= 11 is 7.96. The zero-order valence-corrected chi connectivity index (χ0v) is 14.2. The summed E-state index contributed by atoms with van der Waals surface area (Å²) in [7, 11) is 0. The Kier molecular flexibility index (Phi) is 4.85. The van der Waals surface area contributed by atoms with Gasteiger partial charge in [0.2, 0.25) is 5.91 Å². The molecule has 1 aliphatic heterocycles. The van der Waals surface area contributed by atoms with Gasteiger partial charge in [0.15, 0.2) is 0 Å². The molecule has 23 heavy (non-hydrogen) atoms. The molecule has 0 unspecified atom stereocenters. The molecule has 1 aliphatic rings. The minimum Gasteiger partial charge on any atom is -0.309 e. The van der Waals surface area contributed by atoms with Crippen LogP contribution in [0.4, 0.5) is 5.82 Å². The van der Waals surface area contributed by atoms with Crippen LogP contribution in [0.25, 0.3) is 6.08 Å². The van der Waals surface area contributed by atoms with E-state index >= 15 is 0 Å². The molecule has 0 spiro atoms. The van der Waals surface area contributed by atoms with Crippen molar-refractivity contribution >= 4 is 63.3 Å². The average Bonchev–Trinajstić information content (AvgIpc) is 3.13. The first kappa shape index (κ1) is 15.9. The maximum absolute atomic E-state index is 12.4. The smallest absolute Gasteiger partial charge is 0.266 e. The number of thioether (sulfide) groups is 1. The molecular formula is C15H11N3O2S3. The maximum atomic E-state index is 12.4. The first-order valence-electron chi connectivity index (χ1n) is 6.63. The predicted molar refractivity (Wildman–Crippen MR) is 97.1 cm³/mol. The first-order chi connectivity index (χ1) is 11.1. The number of hydrogen-bond donors (Lipinski definition) is 1. The molecule has 3 rings (SSSR count). The Morgan fingerprint density at radius 1 is 1.35 bits per heavy atom. The Bertz CT molecular complexity index is 773. The zero-order chi connectivity index (χ0) is 16.2. The maximum Gasteiger partial charge on any atom is 0.266 e. The fourth-order valence-corrected chi connectivity index (χ4v) is 3.88. The average molecular weight is 361 g/mol. The highest BCUT2D eigenvalue weighted by Crippen LogP contribution is 2.33. The Hall–Kier alpha value is -2.03. The second kappa shape index (κ2) is 7.03. The zero-order valence-electron chi connectivity index (χ0n) is 11.8. The molecule has 8 heteroatoms. The molecule has 116 valence electrons. The summed E-state index contributed by atoms with van der Waals surface area (Å²) in [6.45, 7) is -0.122. The third-order valence-corrected chi connectivity index (χ3v) is 5.12. The van der Waals surface area contributed by atoms with Gasteiger partial charge in [-0.15, -0.1) is 11.3 Å². The summed E-state index contributed by atoms with van der Waals surface area (Å²) in [5, 5.41) is 4.58. The minimum atomic E-state index is -0.336. The lowest BCUT2D eigenvalue weighted by atomic mass is 10.3. The number of aromatic nitrogens is 1. The molecule has 1 saturated heterocycles. The number of thiophene rings is 1. The molecule has 5 nitrogen and oxygen atoms in total. The van der Waals surface area contributed by atoms with Crippen molar-refractivity contribution in [1.82, 2.24) is 9.88 Å². The van der Waals surface area contributed by atoms with Gasteiger partial charge >= 0.3 is 0 Å². The molecule has 2 aromatic rings. The topological polar surface area (TPSA) is 62.3 Å². The van der Waals surface area contributed by atoms with Gasteiger partial charge in [0, 0.05) is 11.1 Å². The number of thiocarbonyl (C=S) groups is 1. The van der Waals surface area contributed by atoms with Crippen molar-refractivity contribution < 1.29 is 9.59 Å². The van der Waals surface area contributed by atoms with Gasteiger partial charge in [-0.3, -0.25) is 14.5 Å². The summed E-state index contributed by atoms with van der Waals surface area (Å²) in [6.07, 6.45) is 3.37. The van der Waals surface area contributed by atoms with Crippen LogP contribution in [-0.4, -0.2) is 32.6 Å². The van der Waals surface area contributed by atoms with Crippen LogP contribution in [0.1, 0.15) is 4.88 Å². The van der Waals surface area contributed by atoms with Gasteiger partial charge in [-0.1, -0.05) is 36.1 Å². The van der Waals surface area contributed by atoms with Crippen LogP contribution in [0.2, 0.25) is 0 Å². The van der Waals surface area contributed by atoms with Gasteiger partial charge in [0.25, 0.3) is 5.91 Å². The molecule has 3 heterocycles. The van der Waals surface area contributed by atoms with Crippen molar-refractivity contribution in [2.75, 3.05) is 11.9 Å². The van der Waals surface area contributed by atoms with E-state index in [0.717, 1.165) is 4.88 Å². The number of rotatable bonds is 4. The summed E-state index contributed by atoms with van der Waals surface area (Å²) in [5.41, 5.74) is 0. The highest BCUT2D eigenvalue weighted by Gasteiger charge is 2.33. The Morgan fingerprint density at radius 2 is 2.22 bits per heavy atom. The Labute approximate surface area is 146 Å². The van der Waals surface area contributed by atoms with Crippen LogP contribution >= 0.6 is 35.3 Å². The minimum absolute atomic E-state index is 0.122. The van der Waals surface area contributed by atoms with E-state index in [1.165, 1.54) is 28.0 Å². The molecule has 0 radical (unpaired) electrons. The van der Waals surface area contributed by atoms with E-state index < -0.39 is 0 Å². The van der Waals surface area contributed by atoms with Crippen molar-refractivity contribution in [3.63, 3.8) is 0 Å². The molecule has 2 amide bonds. The van der Waals surface area contributed by atoms with E-state index in [0.29, 0.717) is 15.0 Å². The number of nitrogens with zero attached hydrogens (tertiary/aromatic N) is 2. The van der Waals surface area contributed by atoms with Gasteiger partial charge < -0.3 is 5.32 Å². The van der Waals surface area contributed by atoms with E-state index in [1.54, 1.807) is 30.5 Å². The van der Waals surface area contributed by atoms with Crippen LogP contribution < -0.4 is 5.32 Å². The van der Waals surface area contributed by atoms with Gasteiger partial charge in [0.05, 0.1) is 4.91 Å². The number of anilines is 1. The fraction of sp³-hybridized carbons (Fsp3) is 0.0667. The summed E-state index contributed by atoms with van der Waals surface area (Å²) < 4.78 is 0.383. The van der Waals surface area contributed by atoms with Crippen LogP contribution in [0, 0.1) is 0 Å². The number of carbonyl (C=O) groups is 2. The van der Waals surface area contributed by atoms with E-state index in [4.69, 9.17) is 12.2 Å². The fourth-order valence-electron chi connectivity index (χ4n) is 1.90. The largest absolute Gasteiger partial charge is 0.309 e. The second-order valence-corrected chi connectivity index (χ2v) is 7.20. The van der Waals surface area contributed by atoms with Crippen molar-refractivity contribution in [2.45, 2.75) is 0 Å². The van der Waals surface area contributed by atoms with Gasteiger partial charge in [-0.05, 0) is 29.7 Å². The summed E-state index contributed by atoms with van der Waals surface area (Å²) in [5.74, 6) is -0.140. The number of pyridine rings is 1. The number of hydrogen-bond acceptors (Lipinski definition) is 6. The van der Waals surface area contributed by atoms with Crippen LogP contribution in [-0.2, 0) is 9.59 Å². The first-order valence-corrected chi connectivity index (χ1v) is 8.74. The normalized spacial score (nSPS) is 16.2. The van der Waals surface area contributed by atoms with Crippen molar-refractivity contribution in [3.8, 4) is 0 Å². The molecule has 1 N–H and O–H groups in total. The standard InChI is InChI=1S/C15H11N3O2S3/c19-13(17-12-5-1-2-6-16-12)9-18-14(20)11(23-15(18)21)8-10-4-3-7-22-10/h1-8H,9H2,(H,16,17,19)/b11-8-. The Balaban J connectivity index is 1.67. The van der Waals surface area contributed by atoms with E-state index in [1.807, 2.05) is 17.5 Å². The lowest BCUT2D eigenvalue weighted by Crippen LogP contribution is -2.36. The van der Waals surface area contributed by atoms with Gasteiger partial charge in [0.1, 0.15) is 16.7 Å².